The second kappa shape index (κ2) is 6.70. The SMILES string of the molecule is CCC1CCN(C(=O)c2cc(OC)cc(OC)c2N)CC1. The van der Waals surface area contributed by atoms with Crippen molar-refractivity contribution in [2.24, 2.45) is 5.92 Å². The Morgan fingerprint density at radius 3 is 2.48 bits per heavy atom. The van der Waals surface area contributed by atoms with Gasteiger partial charge < -0.3 is 20.1 Å². The third-order valence-electron chi connectivity index (χ3n) is 4.28. The lowest BCUT2D eigenvalue weighted by Gasteiger charge is -2.32. The lowest BCUT2D eigenvalue weighted by atomic mass is 9.94. The highest BCUT2D eigenvalue weighted by molar-refractivity contribution is 6.01. The number of piperidine rings is 1. The van der Waals surface area contributed by atoms with Gasteiger partial charge in [-0.2, -0.15) is 0 Å². The molecule has 0 radical (unpaired) electrons. The number of hydrogen-bond acceptors (Lipinski definition) is 4. The van der Waals surface area contributed by atoms with Crippen LogP contribution in [0.4, 0.5) is 5.69 Å². The van der Waals surface area contributed by atoms with Crippen LogP contribution in [-0.4, -0.2) is 38.1 Å². The average molecular weight is 292 g/mol. The number of nitrogen functional groups attached to an aromatic ring is 1. The van der Waals surface area contributed by atoms with E-state index in [1.807, 2.05) is 4.90 Å². The van der Waals surface area contributed by atoms with Crippen LogP contribution in [-0.2, 0) is 0 Å². The summed E-state index contributed by atoms with van der Waals surface area (Å²) >= 11 is 0. The fourth-order valence-corrected chi connectivity index (χ4v) is 2.78. The first-order valence-corrected chi connectivity index (χ1v) is 7.41. The lowest BCUT2D eigenvalue weighted by Crippen LogP contribution is -2.38. The summed E-state index contributed by atoms with van der Waals surface area (Å²) in [6.45, 7) is 3.78. The number of carbonyl (C=O) groups is 1. The highest BCUT2D eigenvalue weighted by atomic mass is 16.5. The van der Waals surface area contributed by atoms with Gasteiger partial charge in [0, 0.05) is 19.2 Å². The van der Waals surface area contributed by atoms with E-state index in [2.05, 4.69) is 6.92 Å². The minimum atomic E-state index is -0.0424. The van der Waals surface area contributed by atoms with Gasteiger partial charge in [0.1, 0.15) is 11.5 Å². The van der Waals surface area contributed by atoms with E-state index in [1.54, 1.807) is 19.2 Å². The van der Waals surface area contributed by atoms with Gasteiger partial charge in [0.2, 0.25) is 0 Å². The average Bonchev–Trinajstić information content (AvgIpc) is 2.54. The molecule has 0 atom stereocenters. The summed E-state index contributed by atoms with van der Waals surface area (Å²) in [4.78, 5) is 14.6. The maximum Gasteiger partial charge on any atom is 0.256 e. The minimum absolute atomic E-state index is 0.0424. The molecule has 5 nitrogen and oxygen atoms in total. The number of hydrogen-bond donors (Lipinski definition) is 1. The molecule has 1 amide bonds. The fraction of sp³-hybridized carbons (Fsp3) is 0.562. The van der Waals surface area contributed by atoms with Gasteiger partial charge >= 0.3 is 0 Å². The summed E-state index contributed by atoms with van der Waals surface area (Å²) in [5, 5.41) is 0. The zero-order valence-corrected chi connectivity index (χ0v) is 13.0. The number of anilines is 1. The molecule has 0 spiro atoms. The van der Waals surface area contributed by atoms with Crippen molar-refractivity contribution >= 4 is 11.6 Å². The maximum absolute atomic E-state index is 12.7. The van der Waals surface area contributed by atoms with E-state index in [9.17, 15) is 4.79 Å². The molecule has 1 aliphatic rings. The fourth-order valence-electron chi connectivity index (χ4n) is 2.78. The van der Waals surface area contributed by atoms with Crippen LogP contribution in [0.3, 0.4) is 0 Å². The van der Waals surface area contributed by atoms with E-state index in [0.717, 1.165) is 31.8 Å². The van der Waals surface area contributed by atoms with Gasteiger partial charge in [-0.1, -0.05) is 13.3 Å². The number of methoxy groups -OCH3 is 2. The topological polar surface area (TPSA) is 64.8 Å². The lowest BCUT2D eigenvalue weighted by molar-refractivity contribution is 0.0689. The molecule has 1 heterocycles. The Morgan fingerprint density at radius 1 is 1.29 bits per heavy atom. The number of amides is 1. The standard InChI is InChI=1S/C16H24N2O3/c1-4-11-5-7-18(8-6-11)16(19)13-9-12(20-2)10-14(21-3)15(13)17/h9-11H,4-8,17H2,1-3H3. The minimum Gasteiger partial charge on any atom is -0.497 e. The van der Waals surface area contributed by atoms with Crippen LogP contribution >= 0.6 is 0 Å². The van der Waals surface area contributed by atoms with Gasteiger partial charge in [0.05, 0.1) is 25.5 Å². The summed E-state index contributed by atoms with van der Waals surface area (Å²) in [6, 6.07) is 3.38. The number of likely N-dealkylation sites (tertiary alicyclic amines) is 1. The van der Waals surface area contributed by atoms with E-state index in [4.69, 9.17) is 15.2 Å². The van der Waals surface area contributed by atoms with E-state index in [0.29, 0.717) is 22.7 Å². The quantitative estimate of drug-likeness (QED) is 0.866. The van der Waals surface area contributed by atoms with Crippen LogP contribution in [0.25, 0.3) is 0 Å². The monoisotopic (exact) mass is 292 g/mol. The van der Waals surface area contributed by atoms with Crippen molar-refractivity contribution in [1.29, 1.82) is 0 Å². The molecule has 1 aromatic rings. The third-order valence-corrected chi connectivity index (χ3v) is 4.28. The number of carbonyl (C=O) groups excluding carboxylic acids is 1. The zero-order valence-electron chi connectivity index (χ0n) is 13.0. The zero-order chi connectivity index (χ0) is 15.4. The second-order valence-electron chi connectivity index (χ2n) is 5.43. The van der Waals surface area contributed by atoms with Crippen molar-refractivity contribution in [3.8, 4) is 11.5 Å². The first-order valence-electron chi connectivity index (χ1n) is 7.41. The van der Waals surface area contributed by atoms with Gasteiger partial charge in [0.15, 0.2) is 0 Å². The second-order valence-corrected chi connectivity index (χ2v) is 5.43. The van der Waals surface area contributed by atoms with Crippen LogP contribution in [0.2, 0.25) is 0 Å². The molecular formula is C16H24N2O3. The van der Waals surface area contributed by atoms with Crippen molar-refractivity contribution in [3.63, 3.8) is 0 Å². The van der Waals surface area contributed by atoms with Crippen LogP contribution < -0.4 is 15.2 Å². The summed E-state index contributed by atoms with van der Waals surface area (Å²) < 4.78 is 10.4. The van der Waals surface area contributed by atoms with Crippen molar-refractivity contribution < 1.29 is 14.3 Å². The molecule has 0 bridgehead atoms. The maximum atomic E-state index is 12.7. The van der Waals surface area contributed by atoms with Gasteiger partial charge in [-0.25, -0.2) is 0 Å². The number of benzene rings is 1. The Labute approximate surface area is 126 Å². The van der Waals surface area contributed by atoms with Crippen molar-refractivity contribution in [2.45, 2.75) is 26.2 Å². The van der Waals surface area contributed by atoms with Crippen LogP contribution in [0.5, 0.6) is 11.5 Å². The first kappa shape index (κ1) is 15.5. The van der Waals surface area contributed by atoms with Gasteiger partial charge in [-0.05, 0) is 24.8 Å². The number of ether oxygens (including phenoxy) is 2. The molecular weight excluding hydrogens is 268 g/mol. The molecule has 0 aromatic heterocycles. The Bertz CT molecular complexity index is 508. The summed E-state index contributed by atoms with van der Waals surface area (Å²) in [7, 11) is 3.10. The van der Waals surface area contributed by atoms with Crippen LogP contribution in [0, 0.1) is 5.92 Å². The van der Waals surface area contributed by atoms with Gasteiger partial charge in [0.25, 0.3) is 5.91 Å². The molecule has 1 aliphatic heterocycles. The molecule has 2 N–H and O–H groups in total. The van der Waals surface area contributed by atoms with Gasteiger partial charge in [-0.15, -0.1) is 0 Å². The largest absolute Gasteiger partial charge is 0.497 e. The molecule has 1 aromatic carbocycles. The van der Waals surface area contributed by atoms with E-state index in [1.165, 1.54) is 13.5 Å². The normalized spacial score (nSPS) is 15.9. The van der Waals surface area contributed by atoms with E-state index in [-0.39, 0.29) is 5.91 Å². The molecule has 116 valence electrons. The number of rotatable bonds is 4. The Hall–Kier alpha value is -1.91. The molecule has 0 saturated carbocycles. The molecule has 2 rings (SSSR count). The smallest absolute Gasteiger partial charge is 0.256 e. The molecule has 1 saturated heterocycles. The summed E-state index contributed by atoms with van der Waals surface area (Å²) in [5.74, 6) is 1.74. The summed E-state index contributed by atoms with van der Waals surface area (Å²) in [6.07, 6.45) is 3.30. The molecule has 5 heteroatoms. The molecule has 0 aliphatic carbocycles. The summed E-state index contributed by atoms with van der Waals surface area (Å²) in [5.41, 5.74) is 6.89. The van der Waals surface area contributed by atoms with E-state index >= 15 is 0 Å². The Morgan fingerprint density at radius 2 is 1.95 bits per heavy atom. The van der Waals surface area contributed by atoms with Gasteiger partial charge in [-0.3, -0.25) is 4.79 Å². The number of nitrogens with zero attached hydrogens (tertiary/aromatic N) is 1. The van der Waals surface area contributed by atoms with Crippen molar-refractivity contribution in [3.05, 3.63) is 17.7 Å². The number of nitrogens with two attached hydrogens (primary N) is 1. The predicted molar refractivity (Wildman–Crippen MR) is 82.9 cm³/mol. The predicted octanol–water partition coefficient (Wildman–Crippen LogP) is 2.55. The molecule has 21 heavy (non-hydrogen) atoms. The van der Waals surface area contributed by atoms with Crippen molar-refractivity contribution in [2.75, 3.05) is 33.0 Å². The van der Waals surface area contributed by atoms with Crippen LogP contribution in [0.15, 0.2) is 12.1 Å². The molecule has 0 unspecified atom stereocenters. The molecule has 1 fully saturated rings. The Balaban J connectivity index is 2.23. The Kier molecular flexibility index (Phi) is 4.94. The highest BCUT2D eigenvalue weighted by Gasteiger charge is 2.25. The van der Waals surface area contributed by atoms with Crippen LogP contribution in [0.1, 0.15) is 36.5 Å². The van der Waals surface area contributed by atoms with E-state index < -0.39 is 0 Å². The first-order chi connectivity index (χ1) is 10.1. The third kappa shape index (κ3) is 3.23. The highest BCUT2D eigenvalue weighted by Crippen LogP contribution is 2.32. The van der Waals surface area contributed by atoms with Crippen molar-refractivity contribution in [1.82, 2.24) is 4.90 Å².